The molecule has 1 atom stereocenters. The Morgan fingerprint density at radius 3 is 2.53 bits per heavy atom. The zero-order valence-corrected chi connectivity index (χ0v) is 11.1. The molecule has 1 N–H and O–H groups in total. The van der Waals surface area contributed by atoms with E-state index in [2.05, 4.69) is 10.1 Å². The minimum atomic E-state index is -4.38. The third-order valence-electron chi connectivity index (χ3n) is 2.19. The number of carbonyl (C=O) groups is 1. The molecule has 1 amide bonds. The number of rotatable bonds is 5. The summed E-state index contributed by atoms with van der Waals surface area (Å²) in [4.78, 5) is 11.5. The van der Waals surface area contributed by atoms with Crippen molar-refractivity contribution in [3.63, 3.8) is 0 Å². The third kappa shape index (κ3) is 7.07. The summed E-state index contributed by atoms with van der Waals surface area (Å²) in [5, 5.41) is 1.63. The van der Waals surface area contributed by atoms with Crippen molar-refractivity contribution in [2.45, 2.75) is 24.6 Å². The first-order chi connectivity index (χ1) is 8.90. The molecule has 0 unspecified atom stereocenters. The van der Waals surface area contributed by atoms with Gasteiger partial charge in [0.2, 0.25) is 0 Å². The van der Waals surface area contributed by atoms with E-state index in [0.717, 1.165) is 24.4 Å². The summed E-state index contributed by atoms with van der Waals surface area (Å²) < 4.78 is 41.1. The third-order valence-corrected chi connectivity index (χ3v) is 3.05. The van der Waals surface area contributed by atoms with Crippen molar-refractivity contribution in [3.8, 4) is 0 Å². The Balaban J connectivity index is 2.37. The Bertz CT molecular complexity index is 398. The first kappa shape index (κ1) is 15.8. The van der Waals surface area contributed by atoms with Crippen molar-refractivity contribution in [3.05, 3.63) is 35.9 Å². The average molecular weight is 293 g/mol. The molecule has 0 spiro atoms. The number of carbonyl (C=O) groups excluding carboxylic acids is 1. The Morgan fingerprint density at radius 1 is 1.37 bits per heavy atom. The van der Waals surface area contributed by atoms with E-state index < -0.39 is 24.1 Å². The Kier molecular flexibility index (Phi) is 6.17. The van der Waals surface area contributed by atoms with Gasteiger partial charge in [-0.2, -0.15) is 13.2 Å². The fraction of sp³-hybridized carbons (Fsp3) is 0.417. The maximum absolute atomic E-state index is 12.2. The molecule has 0 saturated heterocycles. The molecule has 0 heterocycles. The average Bonchev–Trinajstić information content (AvgIpc) is 2.35. The molecular weight excluding hydrogens is 279 g/mol. The van der Waals surface area contributed by atoms with Gasteiger partial charge < -0.3 is 10.1 Å². The van der Waals surface area contributed by atoms with Crippen LogP contribution in [-0.4, -0.2) is 24.8 Å². The van der Waals surface area contributed by atoms with Gasteiger partial charge in [0.25, 0.3) is 5.24 Å². The number of hydrogen-bond donors (Lipinski definition) is 1. The van der Waals surface area contributed by atoms with E-state index in [1.54, 1.807) is 0 Å². The lowest BCUT2D eigenvalue weighted by atomic mass is 10.2. The number of benzene rings is 1. The fourth-order valence-electron chi connectivity index (χ4n) is 1.30. The van der Waals surface area contributed by atoms with Crippen LogP contribution in [0.3, 0.4) is 0 Å². The minimum absolute atomic E-state index is 0.398. The van der Waals surface area contributed by atoms with Crippen LogP contribution in [0.1, 0.15) is 12.0 Å². The highest BCUT2D eigenvalue weighted by Gasteiger charge is 2.32. The Morgan fingerprint density at radius 2 is 2.00 bits per heavy atom. The lowest BCUT2D eigenvalue weighted by molar-refractivity contribution is -0.159. The van der Waals surface area contributed by atoms with Gasteiger partial charge in [-0.1, -0.05) is 42.1 Å². The second-order valence-corrected chi connectivity index (χ2v) is 4.70. The SMILES string of the molecule is CO[C@@H](CC(F)(F)F)NC(=O)SCc1ccccc1. The highest BCUT2D eigenvalue weighted by molar-refractivity contribution is 8.12. The van der Waals surface area contributed by atoms with Crippen molar-refractivity contribution >= 4 is 17.0 Å². The molecule has 0 radical (unpaired) electrons. The Labute approximate surface area is 113 Å². The number of halogens is 3. The van der Waals surface area contributed by atoms with Crippen LogP contribution >= 0.6 is 11.8 Å². The van der Waals surface area contributed by atoms with Crippen LogP contribution in [0.5, 0.6) is 0 Å². The van der Waals surface area contributed by atoms with Crippen LogP contribution in [0, 0.1) is 0 Å². The summed E-state index contributed by atoms with van der Waals surface area (Å²) in [6.07, 6.45) is -6.94. The van der Waals surface area contributed by atoms with Crippen molar-refractivity contribution in [2.24, 2.45) is 0 Å². The lowest BCUT2D eigenvalue weighted by Gasteiger charge is -2.18. The molecule has 0 fully saturated rings. The predicted octanol–water partition coefficient (Wildman–Crippen LogP) is 3.55. The zero-order valence-electron chi connectivity index (χ0n) is 10.2. The molecule has 0 aliphatic rings. The molecule has 0 aliphatic carbocycles. The molecule has 1 aromatic carbocycles. The highest BCUT2D eigenvalue weighted by atomic mass is 32.2. The maximum Gasteiger partial charge on any atom is 0.393 e. The summed E-state index contributed by atoms with van der Waals surface area (Å²) in [5.41, 5.74) is 0.924. The topological polar surface area (TPSA) is 38.3 Å². The number of hydrogen-bond acceptors (Lipinski definition) is 3. The first-order valence-corrected chi connectivity index (χ1v) is 6.46. The van der Waals surface area contributed by atoms with Crippen LogP contribution in [0.2, 0.25) is 0 Å². The summed E-state index contributed by atoms with van der Waals surface area (Å²) in [5.74, 6) is 0.398. The largest absolute Gasteiger partial charge is 0.393 e. The van der Waals surface area contributed by atoms with Gasteiger partial charge in [0.05, 0.1) is 6.42 Å². The molecule has 7 heteroatoms. The smallest absolute Gasteiger partial charge is 0.361 e. The van der Waals surface area contributed by atoms with Crippen LogP contribution < -0.4 is 5.32 Å². The van der Waals surface area contributed by atoms with Crippen molar-refractivity contribution in [2.75, 3.05) is 7.11 Å². The zero-order chi connectivity index (χ0) is 14.3. The number of thioether (sulfide) groups is 1. The maximum atomic E-state index is 12.2. The predicted molar refractivity (Wildman–Crippen MR) is 67.7 cm³/mol. The molecule has 106 valence electrons. The molecule has 0 aliphatic heterocycles. The second kappa shape index (κ2) is 7.40. The summed E-state index contributed by atoms with van der Waals surface area (Å²) >= 11 is 0.902. The minimum Gasteiger partial charge on any atom is -0.361 e. The number of ether oxygens (including phenoxy) is 1. The number of alkyl halides is 3. The molecule has 0 bridgehead atoms. The van der Waals surface area contributed by atoms with Gasteiger partial charge in [0.15, 0.2) is 0 Å². The van der Waals surface area contributed by atoms with E-state index in [1.807, 2.05) is 30.3 Å². The van der Waals surface area contributed by atoms with Gasteiger partial charge in [-0.05, 0) is 5.56 Å². The van der Waals surface area contributed by atoms with Gasteiger partial charge in [0, 0.05) is 12.9 Å². The van der Waals surface area contributed by atoms with Crippen LogP contribution in [-0.2, 0) is 10.5 Å². The van der Waals surface area contributed by atoms with E-state index in [4.69, 9.17) is 0 Å². The summed E-state index contributed by atoms with van der Waals surface area (Å²) in [6.45, 7) is 0. The standard InChI is InChI=1S/C12H14F3NO2S/c1-18-10(7-12(13,14)15)16-11(17)19-8-9-5-3-2-4-6-9/h2-6,10H,7-8H2,1H3,(H,16,17)/t10-/m0/s1. The number of amides is 1. The van der Waals surface area contributed by atoms with E-state index in [0.29, 0.717) is 5.75 Å². The molecule has 1 rings (SSSR count). The number of nitrogens with one attached hydrogen (secondary N) is 1. The van der Waals surface area contributed by atoms with Gasteiger partial charge in [-0.15, -0.1) is 0 Å². The van der Waals surface area contributed by atoms with E-state index >= 15 is 0 Å². The van der Waals surface area contributed by atoms with Crippen LogP contribution in [0.4, 0.5) is 18.0 Å². The van der Waals surface area contributed by atoms with Crippen molar-refractivity contribution < 1.29 is 22.7 Å². The van der Waals surface area contributed by atoms with Gasteiger partial charge >= 0.3 is 6.18 Å². The van der Waals surface area contributed by atoms with Crippen molar-refractivity contribution in [1.82, 2.24) is 5.32 Å². The quantitative estimate of drug-likeness (QED) is 0.844. The van der Waals surface area contributed by atoms with Gasteiger partial charge in [0.1, 0.15) is 6.23 Å². The summed E-state index contributed by atoms with van der Waals surface area (Å²) in [6, 6.07) is 9.18. The molecular formula is C12H14F3NO2S. The summed E-state index contributed by atoms with van der Waals surface area (Å²) in [7, 11) is 1.12. The van der Waals surface area contributed by atoms with E-state index in [-0.39, 0.29) is 0 Å². The molecule has 0 aromatic heterocycles. The van der Waals surface area contributed by atoms with Crippen molar-refractivity contribution in [1.29, 1.82) is 0 Å². The molecule has 1 aromatic rings. The monoisotopic (exact) mass is 293 g/mol. The van der Waals surface area contributed by atoms with Gasteiger partial charge in [-0.3, -0.25) is 4.79 Å². The lowest BCUT2D eigenvalue weighted by Crippen LogP contribution is -2.37. The van der Waals surface area contributed by atoms with Crippen LogP contribution in [0.15, 0.2) is 30.3 Å². The fourth-order valence-corrected chi connectivity index (χ4v) is 2.00. The molecule has 0 saturated carbocycles. The van der Waals surface area contributed by atoms with Gasteiger partial charge in [-0.25, -0.2) is 0 Å². The first-order valence-electron chi connectivity index (χ1n) is 5.47. The Hall–Kier alpha value is -1.21. The highest BCUT2D eigenvalue weighted by Crippen LogP contribution is 2.22. The second-order valence-electron chi connectivity index (χ2n) is 3.75. The number of methoxy groups -OCH3 is 1. The molecule has 19 heavy (non-hydrogen) atoms. The van der Waals surface area contributed by atoms with E-state index in [9.17, 15) is 18.0 Å². The van der Waals surface area contributed by atoms with E-state index in [1.165, 1.54) is 0 Å². The van der Waals surface area contributed by atoms with Crippen LogP contribution in [0.25, 0.3) is 0 Å². The normalized spacial score (nSPS) is 13.1. The molecule has 3 nitrogen and oxygen atoms in total.